The molecule has 0 unspecified atom stereocenters. The Bertz CT molecular complexity index is 446. The van der Waals surface area contributed by atoms with Crippen molar-refractivity contribution in [2.45, 2.75) is 6.54 Å². The van der Waals surface area contributed by atoms with Crippen LogP contribution in [0, 0.1) is 23.7 Å². The molecule has 1 N–H and O–H groups in total. The van der Waals surface area contributed by atoms with Crippen LogP contribution in [0.5, 0.6) is 0 Å². The second kappa shape index (κ2) is 8.03. The smallest absolute Gasteiger partial charge is 0.0992 e. The Morgan fingerprint density at radius 2 is 2.29 bits per heavy atom. The van der Waals surface area contributed by atoms with Gasteiger partial charge >= 0.3 is 0 Å². The molecule has 0 atom stereocenters. The van der Waals surface area contributed by atoms with Gasteiger partial charge < -0.3 is 5.32 Å². The number of thioether (sulfide) groups is 1. The molecule has 0 aromatic heterocycles. The molecule has 0 amide bonds. The average Bonchev–Trinajstić information content (AvgIpc) is 2.35. The number of benzene rings is 1. The third-order valence-corrected chi connectivity index (χ3v) is 3.32. The second-order valence-corrected chi connectivity index (χ2v) is 4.86. The van der Waals surface area contributed by atoms with Crippen LogP contribution < -0.4 is 5.32 Å². The number of nitriles is 1. The monoisotopic (exact) mass is 264 g/mol. The molecule has 88 valence electrons. The molecule has 4 heteroatoms. The van der Waals surface area contributed by atoms with E-state index in [4.69, 9.17) is 23.3 Å². The van der Waals surface area contributed by atoms with Crippen molar-refractivity contribution in [2.24, 2.45) is 0 Å². The lowest BCUT2D eigenvalue weighted by atomic mass is 10.1. The Kier molecular flexibility index (Phi) is 6.58. The van der Waals surface area contributed by atoms with Crippen molar-refractivity contribution >= 4 is 23.4 Å². The maximum Gasteiger partial charge on any atom is 0.0992 e. The first kappa shape index (κ1) is 13.9. The molecule has 0 spiro atoms. The van der Waals surface area contributed by atoms with E-state index in [1.807, 2.05) is 6.07 Å². The van der Waals surface area contributed by atoms with Gasteiger partial charge in [-0.1, -0.05) is 23.6 Å². The SMILES string of the molecule is C#CCSCCNCc1ccc(C#N)cc1Cl. The maximum atomic E-state index is 8.71. The fourth-order valence-corrected chi connectivity index (χ4v) is 2.06. The van der Waals surface area contributed by atoms with Crippen molar-refractivity contribution < 1.29 is 0 Å². The van der Waals surface area contributed by atoms with E-state index in [1.54, 1.807) is 23.9 Å². The van der Waals surface area contributed by atoms with Crippen LogP contribution in [0.4, 0.5) is 0 Å². The molecule has 0 saturated carbocycles. The Morgan fingerprint density at radius 3 is 2.94 bits per heavy atom. The van der Waals surface area contributed by atoms with E-state index in [9.17, 15) is 0 Å². The van der Waals surface area contributed by atoms with E-state index in [-0.39, 0.29) is 0 Å². The third-order valence-electron chi connectivity index (χ3n) is 2.11. The molecule has 1 rings (SSSR count). The molecule has 1 aromatic rings. The van der Waals surface area contributed by atoms with E-state index in [1.165, 1.54) is 0 Å². The number of halogens is 1. The van der Waals surface area contributed by atoms with E-state index in [0.717, 1.165) is 23.6 Å². The van der Waals surface area contributed by atoms with Crippen LogP contribution in [0.25, 0.3) is 0 Å². The lowest BCUT2D eigenvalue weighted by Crippen LogP contribution is -2.16. The van der Waals surface area contributed by atoms with Gasteiger partial charge in [-0.25, -0.2) is 0 Å². The highest BCUT2D eigenvalue weighted by molar-refractivity contribution is 7.99. The van der Waals surface area contributed by atoms with Crippen molar-refractivity contribution in [3.63, 3.8) is 0 Å². The van der Waals surface area contributed by atoms with Crippen molar-refractivity contribution in [1.29, 1.82) is 5.26 Å². The van der Waals surface area contributed by atoms with E-state index < -0.39 is 0 Å². The first-order valence-corrected chi connectivity index (χ1v) is 6.71. The molecule has 0 saturated heterocycles. The van der Waals surface area contributed by atoms with E-state index in [0.29, 0.717) is 17.1 Å². The summed E-state index contributed by atoms with van der Waals surface area (Å²) < 4.78 is 0. The molecule has 1 aromatic carbocycles. The predicted octanol–water partition coefficient (Wildman–Crippen LogP) is 2.67. The van der Waals surface area contributed by atoms with Crippen molar-refractivity contribution in [1.82, 2.24) is 5.32 Å². The van der Waals surface area contributed by atoms with Crippen LogP contribution in [-0.2, 0) is 6.54 Å². The second-order valence-electron chi connectivity index (χ2n) is 3.35. The standard InChI is InChI=1S/C13H13ClN2S/c1-2-6-17-7-5-16-10-12-4-3-11(9-15)8-13(12)14/h1,3-4,8,16H,5-7,10H2. The van der Waals surface area contributed by atoms with Gasteiger partial charge in [0.1, 0.15) is 0 Å². The van der Waals surface area contributed by atoms with E-state index in [2.05, 4.69) is 17.3 Å². The first-order valence-electron chi connectivity index (χ1n) is 5.18. The molecule has 2 nitrogen and oxygen atoms in total. The van der Waals surface area contributed by atoms with Gasteiger partial charge in [0.25, 0.3) is 0 Å². The number of terminal acetylenes is 1. The van der Waals surface area contributed by atoms with Gasteiger partial charge in [-0.2, -0.15) is 5.26 Å². The lowest BCUT2D eigenvalue weighted by Gasteiger charge is -2.06. The largest absolute Gasteiger partial charge is 0.312 e. The number of nitrogens with zero attached hydrogens (tertiary/aromatic N) is 1. The molecule has 17 heavy (non-hydrogen) atoms. The minimum absolute atomic E-state index is 0.586. The Hall–Kier alpha value is -1.13. The van der Waals surface area contributed by atoms with Gasteiger partial charge in [-0.3, -0.25) is 0 Å². The lowest BCUT2D eigenvalue weighted by molar-refractivity contribution is 0.732. The van der Waals surface area contributed by atoms with Gasteiger partial charge in [-0.15, -0.1) is 18.2 Å². The van der Waals surface area contributed by atoms with Gasteiger partial charge in [-0.05, 0) is 17.7 Å². The number of nitrogens with one attached hydrogen (secondary N) is 1. The zero-order chi connectivity index (χ0) is 12.5. The molecular weight excluding hydrogens is 252 g/mol. The molecule has 0 fully saturated rings. The molecular formula is C13H13ClN2S. The van der Waals surface area contributed by atoms with Gasteiger partial charge in [0, 0.05) is 23.9 Å². The van der Waals surface area contributed by atoms with Crippen LogP contribution in [-0.4, -0.2) is 18.1 Å². The van der Waals surface area contributed by atoms with Gasteiger partial charge in [0.15, 0.2) is 0 Å². The first-order chi connectivity index (χ1) is 8.27. The van der Waals surface area contributed by atoms with Crippen LogP contribution >= 0.6 is 23.4 Å². The van der Waals surface area contributed by atoms with Crippen LogP contribution in [0.15, 0.2) is 18.2 Å². The molecule has 0 radical (unpaired) electrons. The average molecular weight is 265 g/mol. The summed E-state index contributed by atoms with van der Waals surface area (Å²) in [6.07, 6.45) is 5.15. The van der Waals surface area contributed by atoms with Crippen molar-refractivity contribution in [3.05, 3.63) is 34.3 Å². The highest BCUT2D eigenvalue weighted by Crippen LogP contribution is 2.17. The highest BCUT2D eigenvalue weighted by Gasteiger charge is 2.01. The summed E-state index contributed by atoms with van der Waals surface area (Å²) in [6, 6.07) is 7.40. The summed E-state index contributed by atoms with van der Waals surface area (Å²) in [4.78, 5) is 0. The van der Waals surface area contributed by atoms with Gasteiger partial charge in [0.05, 0.1) is 17.4 Å². The Labute approximate surface area is 111 Å². The minimum Gasteiger partial charge on any atom is -0.312 e. The molecule has 0 bridgehead atoms. The predicted molar refractivity (Wildman–Crippen MR) is 74.0 cm³/mol. The summed E-state index contributed by atoms with van der Waals surface area (Å²) >= 11 is 7.77. The van der Waals surface area contributed by atoms with Gasteiger partial charge in [0.2, 0.25) is 0 Å². The topological polar surface area (TPSA) is 35.8 Å². The fraction of sp³-hybridized carbons (Fsp3) is 0.308. The third kappa shape index (κ3) is 5.15. The molecule has 0 aliphatic rings. The molecule has 0 heterocycles. The van der Waals surface area contributed by atoms with E-state index >= 15 is 0 Å². The molecule has 0 aliphatic heterocycles. The van der Waals surface area contributed by atoms with Crippen LogP contribution in [0.3, 0.4) is 0 Å². The minimum atomic E-state index is 0.586. The normalized spacial score (nSPS) is 9.59. The van der Waals surface area contributed by atoms with Crippen LogP contribution in [0.2, 0.25) is 5.02 Å². The Morgan fingerprint density at radius 1 is 1.47 bits per heavy atom. The summed E-state index contributed by atoms with van der Waals surface area (Å²) in [5.74, 6) is 4.32. The number of rotatable bonds is 6. The highest BCUT2D eigenvalue weighted by atomic mass is 35.5. The summed E-state index contributed by atoms with van der Waals surface area (Å²) in [5.41, 5.74) is 1.59. The zero-order valence-electron chi connectivity index (χ0n) is 9.37. The number of hydrogen-bond donors (Lipinski definition) is 1. The zero-order valence-corrected chi connectivity index (χ0v) is 10.9. The quantitative estimate of drug-likeness (QED) is 0.634. The maximum absolute atomic E-state index is 8.71. The van der Waals surface area contributed by atoms with Crippen LogP contribution in [0.1, 0.15) is 11.1 Å². The summed E-state index contributed by atoms with van der Waals surface area (Å²) in [6.45, 7) is 1.60. The number of hydrogen-bond acceptors (Lipinski definition) is 3. The Balaban J connectivity index is 2.33. The van der Waals surface area contributed by atoms with Crippen molar-refractivity contribution in [2.75, 3.05) is 18.1 Å². The summed E-state index contributed by atoms with van der Waals surface area (Å²) in [5, 5.41) is 12.6. The molecule has 0 aliphatic carbocycles. The van der Waals surface area contributed by atoms with Crippen molar-refractivity contribution in [3.8, 4) is 18.4 Å². The summed E-state index contributed by atoms with van der Waals surface area (Å²) in [7, 11) is 0. The fourth-order valence-electron chi connectivity index (χ4n) is 1.26.